The van der Waals surface area contributed by atoms with Crippen molar-refractivity contribution in [1.82, 2.24) is 24.5 Å². The SMILES string of the molecule is C[C@@H]1CN(CC(N)=O)C[C@H](C)N1Cc1nc(-c2cn(CC3CCOCC3)c3c(Cl)cccc23)no1. The number of primary amides is 1. The average molecular weight is 501 g/mol. The number of rotatable bonds is 7. The number of benzene rings is 1. The van der Waals surface area contributed by atoms with Crippen molar-refractivity contribution < 1.29 is 14.1 Å². The number of aromatic nitrogens is 3. The molecule has 3 aromatic rings. The van der Waals surface area contributed by atoms with Gasteiger partial charge >= 0.3 is 0 Å². The van der Waals surface area contributed by atoms with Crippen molar-refractivity contribution in [2.24, 2.45) is 11.7 Å². The van der Waals surface area contributed by atoms with Gasteiger partial charge in [0.15, 0.2) is 0 Å². The molecule has 0 radical (unpaired) electrons. The summed E-state index contributed by atoms with van der Waals surface area (Å²) in [6.45, 7) is 9.19. The number of nitrogens with zero attached hydrogens (tertiary/aromatic N) is 5. The van der Waals surface area contributed by atoms with Gasteiger partial charge in [-0.15, -0.1) is 0 Å². The van der Waals surface area contributed by atoms with Gasteiger partial charge in [-0.3, -0.25) is 14.6 Å². The van der Waals surface area contributed by atoms with E-state index >= 15 is 0 Å². The number of halogens is 1. The van der Waals surface area contributed by atoms with E-state index in [1.54, 1.807) is 0 Å². The second-order valence-corrected chi connectivity index (χ2v) is 10.3. The standard InChI is InChI=1S/C25H33ClN6O3/c1-16-10-30(14-22(27)33)11-17(2)32(16)15-23-28-25(29-35-23)20-13-31(12-18-6-8-34-9-7-18)24-19(20)4-3-5-21(24)26/h3-5,13,16-18H,6-12,14-15H2,1-2H3,(H2,27,33)/t16-,17+. The molecule has 0 unspecified atom stereocenters. The number of ether oxygens (including phenoxy) is 1. The lowest BCUT2D eigenvalue weighted by Gasteiger charge is -2.43. The Labute approximate surface area is 210 Å². The number of para-hydroxylation sites is 1. The highest BCUT2D eigenvalue weighted by atomic mass is 35.5. The molecule has 2 aliphatic rings. The van der Waals surface area contributed by atoms with Crippen LogP contribution in [0.5, 0.6) is 0 Å². The molecular formula is C25H33ClN6O3. The van der Waals surface area contributed by atoms with Crippen molar-refractivity contribution >= 4 is 28.4 Å². The molecule has 0 saturated carbocycles. The minimum atomic E-state index is -0.296. The number of amides is 1. The molecule has 0 spiro atoms. The maximum atomic E-state index is 11.3. The van der Waals surface area contributed by atoms with E-state index in [1.165, 1.54) is 0 Å². The third-order valence-electron chi connectivity index (χ3n) is 7.23. The van der Waals surface area contributed by atoms with Crippen LogP contribution in [0.4, 0.5) is 0 Å². The van der Waals surface area contributed by atoms with Crippen LogP contribution in [0.15, 0.2) is 28.9 Å². The Balaban J connectivity index is 1.36. The molecule has 188 valence electrons. The molecule has 0 bridgehead atoms. The predicted molar refractivity (Wildman–Crippen MR) is 134 cm³/mol. The van der Waals surface area contributed by atoms with E-state index in [4.69, 9.17) is 31.6 Å². The van der Waals surface area contributed by atoms with Gasteiger partial charge in [0.2, 0.25) is 17.6 Å². The molecule has 35 heavy (non-hydrogen) atoms. The first-order chi connectivity index (χ1) is 16.9. The van der Waals surface area contributed by atoms with Crippen LogP contribution in [-0.2, 0) is 22.6 Å². The number of carbonyl (C=O) groups is 1. The maximum Gasteiger partial charge on any atom is 0.241 e. The summed E-state index contributed by atoms with van der Waals surface area (Å²) in [5, 5.41) is 6.09. The number of hydrogen-bond donors (Lipinski definition) is 1. The summed E-state index contributed by atoms with van der Waals surface area (Å²) >= 11 is 6.64. The molecular weight excluding hydrogens is 468 g/mol. The van der Waals surface area contributed by atoms with Crippen molar-refractivity contribution in [2.45, 2.75) is 51.9 Å². The van der Waals surface area contributed by atoms with E-state index in [0.717, 1.165) is 67.2 Å². The predicted octanol–water partition coefficient (Wildman–Crippen LogP) is 3.15. The van der Waals surface area contributed by atoms with Crippen LogP contribution in [0.2, 0.25) is 5.02 Å². The number of hydrogen-bond acceptors (Lipinski definition) is 7. The van der Waals surface area contributed by atoms with Crippen molar-refractivity contribution in [3.05, 3.63) is 35.3 Å². The van der Waals surface area contributed by atoms with Crippen LogP contribution < -0.4 is 5.73 Å². The highest BCUT2D eigenvalue weighted by Gasteiger charge is 2.31. The number of fused-ring (bicyclic) bond motifs is 1. The highest BCUT2D eigenvalue weighted by Crippen LogP contribution is 2.34. The zero-order valence-corrected chi connectivity index (χ0v) is 21.1. The summed E-state index contributed by atoms with van der Waals surface area (Å²) in [5.74, 6) is 1.41. The lowest BCUT2D eigenvalue weighted by Crippen LogP contribution is -2.57. The van der Waals surface area contributed by atoms with Crippen molar-refractivity contribution in [1.29, 1.82) is 0 Å². The monoisotopic (exact) mass is 500 g/mol. The number of nitrogens with two attached hydrogens (primary N) is 1. The fourth-order valence-electron chi connectivity index (χ4n) is 5.56. The van der Waals surface area contributed by atoms with Crippen molar-refractivity contribution in [3.8, 4) is 11.4 Å². The zero-order valence-electron chi connectivity index (χ0n) is 20.3. The summed E-state index contributed by atoms with van der Waals surface area (Å²) < 4.78 is 13.5. The molecule has 10 heteroatoms. The van der Waals surface area contributed by atoms with Gasteiger partial charge in [0, 0.05) is 62.1 Å². The topological polar surface area (TPSA) is 103 Å². The van der Waals surface area contributed by atoms with E-state index < -0.39 is 0 Å². The van der Waals surface area contributed by atoms with Crippen molar-refractivity contribution in [3.63, 3.8) is 0 Å². The summed E-state index contributed by atoms with van der Waals surface area (Å²) in [7, 11) is 0. The first-order valence-electron chi connectivity index (χ1n) is 12.3. The molecule has 2 N–H and O–H groups in total. The molecule has 0 aliphatic carbocycles. The van der Waals surface area contributed by atoms with Crippen LogP contribution in [0.3, 0.4) is 0 Å². The summed E-state index contributed by atoms with van der Waals surface area (Å²) in [6, 6.07) is 6.41. The van der Waals surface area contributed by atoms with Gasteiger partial charge in [0.05, 0.1) is 23.6 Å². The minimum absolute atomic E-state index is 0.230. The molecule has 4 heterocycles. The maximum absolute atomic E-state index is 11.3. The van der Waals surface area contributed by atoms with Gasteiger partial charge in [-0.25, -0.2) is 0 Å². The Bertz CT molecular complexity index is 1180. The molecule has 1 amide bonds. The van der Waals surface area contributed by atoms with Crippen LogP contribution in [0.1, 0.15) is 32.6 Å². The van der Waals surface area contributed by atoms with E-state index in [1.807, 2.05) is 12.1 Å². The quantitative estimate of drug-likeness (QED) is 0.531. The third-order valence-corrected chi connectivity index (χ3v) is 7.53. The van der Waals surface area contributed by atoms with Crippen molar-refractivity contribution in [2.75, 3.05) is 32.8 Å². The summed E-state index contributed by atoms with van der Waals surface area (Å²) in [4.78, 5) is 20.5. The first kappa shape index (κ1) is 24.2. The second kappa shape index (κ2) is 10.3. The molecule has 2 atom stereocenters. The minimum Gasteiger partial charge on any atom is -0.381 e. The molecule has 2 saturated heterocycles. The summed E-state index contributed by atoms with van der Waals surface area (Å²) in [6.07, 6.45) is 4.21. The smallest absolute Gasteiger partial charge is 0.241 e. The Morgan fingerprint density at radius 1 is 1.20 bits per heavy atom. The average Bonchev–Trinajstić information content (AvgIpc) is 3.42. The summed E-state index contributed by atoms with van der Waals surface area (Å²) in [5.41, 5.74) is 7.33. The molecule has 2 aromatic heterocycles. The van der Waals surface area contributed by atoms with Gasteiger partial charge < -0.3 is 19.6 Å². The van der Waals surface area contributed by atoms with Crippen LogP contribution in [-0.4, -0.2) is 75.3 Å². The second-order valence-electron chi connectivity index (χ2n) is 9.93. The highest BCUT2D eigenvalue weighted by molar-refractivity contribution is 6.35. The Morgan fingerprint density at radius 2 is 1.94 bits per heavy atom. The Kier molecular flexibility index (Phi) is 7.11. The van der Waals surface area contributed by atoms with E-state index in [0.29, 0.717) is 24.2 Å². The van der Waals surface area contributed by atoms with Crippen LogP contribution in [0, 0.1) is 5.92 Å². The fourth-order valence-corrected chi connectivity index (χ4v) is 5.84. The lowest BCUT2D eigenvalue weighted by molar-refractivity contribution is -0.120. The van der Waals surface area contributed by atoms with Crippen LogP contribution in [0.25, 0.3) is 22.3 Å². The van der Waals surface area contributed by atoms with Gasteiger partial charge in [-0.1, -0.05) is 28.9 Å². The zero-order chi connectivity index (χ0) is 24.5. The van der Waals surface area contributed by atoms with Gasteiger partial charge in [-0.05, 0) is 38.7 Å². The molecule has 2 fully saturated rings. The Morgan fingerprint density at radius 3 is 2.66 bits per heavy atom. The molecule has 9 nitrogen and oxygen atoms in total. The Hall–Kier alpha value is -2.46. The molecule has 1 aromatic carbocycles. The number of carbonyl (C=O) groups excluding carboxylic acids is 1. The largest absolute Gasteiger partial charge is 0.381 e. The van der Waals surface area contributed by atoms with Gasteiger partial charge in [0.1, 0.15) is 0 Å². The molecule has 5 rings (SSSR count). The van der Waals surface area contributed by atoms with E-state index in [-0.39, 0.29) is 24.5 Å². The third kappa shape index (κ3) is 5.23. The number of piperazine rings is 1. The van der Waals surface area contributed by atoms with E-state index in [2.05, 4.69) is 45.6 Å². The molecule has 2 aliphatic heterocycles. The van der Waals surface area contributed by atoms with Gasteiger partial charge in [-0.2, -0.15) is 4.98 Å². The first-order valence-corrected chi connectivity index (χ1v) is 12.7. The van der Waals surface area contributed by atoms with E-state index in [9.17, 15) is 4.79 Å². The van der Waals surface area contributed by atoms with Gasteiger partial charge in [0.25, 0.3) is 0 Å². The van der Waals surface area contributed by atoms with Crippen LogP contribution >= 0.6 is 11.6 Å². The lowest BCUT2D eigenvalue weighted by atomic mass is 10.0. The normalized spacial score (nSPS) is 22.7. The fraction of sp³-hybridized carbons (Fsp3) is 0.560.